The Balaban J connectivity index is 1.43. The van der Waals surface area contributed by atoms with Crippen molar-refractivity contribution >= 4 is 5.78 Å². The van der Waals surface area contributed by atoms with Gasteiger partial charge in [0.2, 0.25) is 0 Å². The van der Waals surface area contributed by atoms with Crippen molar-refractivity contribution in [3.63, 3.8) is 0 Å². The van der Waals surface area contributed by atoms with E-state index in [1.165, 1.54) is 19.3 Å². The lowest BCUT2D eigenvalue weighted by Gasteiger charge is -2.33. The quantitative estimate of drug-likeness (QED) is 0.871. The fraction of sp³-hybridized carbons (Fsp3) is 0.667. The minimum absolute atomic E-state index is 0.260. The fourth-order valence-electron chi connectivity index (χ4n) is 3.63. The number of rotatable bonds is 3. The van der Waals surface area contributed by atoms with Crippen LogP contribution in [-0.4, -0.2) is 72.8 Å². The van der Waals surface area contributed by atoms with Crippen LogP contribution in [0.3, 0.4) is 0 Å². The van der Waals surface area contributed by atoms with E-state index in [9.17, 15) is 5.11 Å². The summed E-state index contributed by atoms with van der Waals surface area (Å²) in [5.74, 6) is 1.40. The third-order valence-electron chi connectivity index (χ3n) is 4.72. The summed E-state index contributed by atoms with van der Waals surface area (Å²) in [6, 6.07) is 2.10. The predicted octanol–water partition coefficient (Wildman–Crippen LogP) is 0.155. The monoisotopic (exact) mass is 302 g/mol. The van der Waals surface area contributed by atoms with E-state index in [1.54, 1.807) is 10.7 Å². The van der Waals surface area contributed by atoms with E-state index in [0.717, 1.165) is 25.5 Å². The highest BCUT2D eigenvalue weighted by molar-refractivity contribution is 5.24. The Morgan fingerprint density at radius 1 is 1.18 bits per heavy atom. The average molecular weight is 302 g/mol. The molecule has 0 spiro atoms. The molecule has 7 heteroatoms. The number of likely N-dealkylation sites (tertiary alicyclic amines) is 2. The SMILES string of the molecule is O[C@H]1CN(Cc2nc3ncccn3n2)C[C@@H]1N1CCCCC1. The molecule has 7 nitrogen and oxygen atoms in total. The smallest absolute Gasteiger partial charge is 0.252 e. The molecule has 0 saturated carbocycles. The molecule has 2 aromatic rings. The van der Waals surface area contributed by atoms with Crippen molar-refractivity contribution < 1.29 is 5.11 Å². The first-order valence-electron chi connectivity index (χ1n) is 8.10. The first kappa shape index (κ1) is 14.0. The van der Waals surface area contributed by atoms with E-state index in [4.69, 9.17) is 0 Å². The summed E-state index contributed by atoms with van der Waals surface area (Å²) < 4.78 is 1.70. The Bertz CT molecular complexity index is 605. The molecular formula is C15H22N6O. The summed E-state index contributed by atoms with van der Waals surface area (Å²) in [6.45, 7) is 4.50. The molecule has 2 aromatic heterocycles. The van der Waals surface area contributed by atoms with Crippen LogP contribution >= 0.6 is 0 Å². The van der Waals surface area contributed by atoms with Gasteiger partial charge in [0.1, 0.15) is 0 Å². The molecule has 4 rings (SSSR count). The number of aromatic nitrogens is 4. The minimum atomic E-state index is -0.270. The van der Waals surface area contributed by atoms with Crippen molar-refractivity contribution in [3.8, 4) is 0 Å². The van der Waals surface area contributed by atoms with Gasteiger partial charge in [0, 0.05) is 31.5 Å². The predicted molar refractivity (Wildman–Crippen MR) is 81.3 cm³/mol. The van der Waals surface area contributed by atoms with Crippen molar-refractivity contribution in [2.75, 3.05) is 26.2 Å². The van der Waals surface area contributed by atoms with Gasteiger partial charge in [-0.2, -0.15) is 4.98 Å². The highest BCUT2D eigenvalue weighted by atomic mass is 16.3. The van der Waals surface area contributed by atoms with Crippen molar-refractivity contribution in [3.05, 3.63) is 24.3 Å². The lowest BCUT2D eigenvalue weighted by molar-refractivity contribution is 0.0706. The molecule has 2 aliphatic heterocycles. The van der Waals surface area contributed by atoms with E-state index in [2.05, 4.69) is 24.9 Å². The number of piperidine rings is 1. The first-order valence-corrected chi connectivity index (χ1v) is 8.10. The number of hydrogen-bond acceptors (Lipinski definition) is 6. The molecule has 1 N–H and O–H groups in total. The number of hydrogen-bond donors (Lipinski definition) is 1. The molecule has 22 heavy (non-hydrogen) atoms. The molecule has 2 fully saturated rings. The van der Waals surface area contributed by atoms with E-state index in [0.29, 0.717) is 18.9 Å². The van der Waals surface area contributed by atoms with Gasteiger partial charge in [-0.05, 0) is 32.0 Å². The maximum Gasteiger partial charge on any atom is 0.252 e. The van der Waals surface area contributed by atoms with Crippen molar-refractivity contribution in [2.24, 2.45) is 0 Å². The van der Waals surface area contributed by atoms with Gasteiger partial charge in [0.25, 0.3) is 5.78 Å². The lowest BCUT2D eigenvalue weighted by Crippen LogP contribution is -2.45. The second kappa shape index (κ2) is 5.91. The highest BCUT2D eigenvalue weighted by Gasteiger charge is 2.36. The van der Waals surface area contributed by atoms with Crippen molar-refractivity contribution in [2.45, 2.75) is 38.0 Å². The fourth-order valence-corrected chi connectivity index (χ4v) is 3.63. The summed E-state index contributed by atoms with van der Waals surface area (Å²) in [7, 11) is 0. The molecule has 2 saturated heterocycles. The van der Waals surface area contributed by atoms with Crippen LogP contribution in [0.2, 0.25) is 0 Å². The van der Waals surface area contributed by atoms with Crippen LogP contribution in [0.1, 0.15) is 25.1 Å². The van der Waals surface area contributed by atoms with Crippen LogP contribution in [0.5, 0.6) is 0 Å². The van der Waals surface area contributed by atoms with Gasteiger partial charge in [-0.25, -0.2) is 9.50 Å². The van der Waals surface area contributed by atoms with Gasteiger partial charge >= 0.3 is 0 Å². The number of β-amino-alcohol motifs (C(OH)–C–C–N with tert-alkyl or cyclic N) is 1. The summed E-state index contributed by atoms with van der Waals surface area (Å²) in [5.41, 5.74) is 0. The van der Waals surface area contributed by atoms with Gasteiger partial charge in [-0.15, -0.1) is 5.10 Å². The maximum atomic E-state index is 10.4. The van der Waals surface area contributed by atoms with Crippen LogP contribution in [0.15, 0.2) is 18.5 Å². The molecular weight excluding hydrogens is 280 g/mol. The number of aliphatic hydroxyl groups excluding tert-OH is 1. The van der Waals surface area contributed by atoms with E-state index in [-0.39, 0.29) is 12.1 Å². The average Bonchev–Trinajstić information content (AvgIpc) is 3.11. The van der Waals surface area contributed by atoms with Crippen molar-refractivity contribution in [1.82, 2.24) is 29.4 Å². The summed E-state index contributed by atoms with van der Waals surface area (Å²) in [5, 5.41) is 14.8. The Morgan fingerprint density at radius 3 is 2.86 bits per heavy atom. The molecule has 0 radical (unpaired) electrons. The normalized spacial score (nSPS) is 27.7. The zero-order chi connectivity index (χ0) is 14.9. The van der Waals surface area contributed by atoms with Gasteiger partial charge < -0.3 is 5.11 Å². The van der Waals surface area contributed by atoms with E-state index in [1.807, 2.05) is 12.3 Å². The molecule has 0 amide bonds. The van der Waals surface area contributed by atoms with Crippen LogP contribution < -0.4 is 0 Å². The molecule has 4 heterocycles. The summed E-state index contributed by atoms with van der Waals surface area (Å²) in [4.78, 5) is 13.3. The zero-order valence-corrected chi connectivity index (χ0v) is 12.7. The van der Waals surface area contributed by atoms with Gasteiger partial charge in [-0.1, -0.05) is 6.42 Å². The number of aliphatic hydroxyl groups is 1. The van der Waals surface area contributed by atoms with Gasteiger partial charge in [-0.3, -0.25) is 9.80 Å². The van der Waals surface area contributed by atoms with Gasteiger partial charge in [0.15, 0.2) is 5.82 Å². The van der Waals surface area contributed by atoms with Crippen LogP contribution in [0, 0.1) is 0 Å². The van der Waals surface area contributed by atoms with E-state index < -0.39 is 0 Å². The van der Waals surface area contributed by atoms with Gasteiger partial charge in [0.05, 0.1) is 12.6 Å². The third kappa shape index (κ3) is 2.71. The highest BCUT2D eigenvalue weighted by Crippen LogP contribution is 2.21. The molecule has 0 aliphatic carbocycles. The first-order chi connectivity index (χ1) is 10.8. The number of fused-ring (bicyclic) bond motifs is 1. The lowest BCUT2D eigenvalue weighted by atomic mass is 10.1. The summed E-state index contributed by atoms with van der Waals surface area (Å²) >= 11 is 0. The van der Waals surface area contributed by atoms with Crippen molar-refractivity contribution in [1.29, 1.82) is 0 Å². The van der Waals surface area contributed by atoms with Crippen LogP contribution in [0.4, 0.5) is 0 Å². The third-order valence-corrected chi connectivity index (χ3v) is 4.72. The Hall–Kier alpha value is -1.57. The molecule has 0 bridgehead atoms. The number of nitrogens with zero attached hydrogens (tertiary/aromatic N) is 6. The second-order valence-electron chi connectivity index (χ2n) is 6.32. The largest absolute Gasteiger partial charge is 0.390 e. The molecule has 2 atom stereocenters. The Kier molecular flexibility index (Phi) is 3.77. The molecule has 118 valence electrons. The van der Waals surface area contributed by atoms with Crippen LogP contribution in [-0.2, 0) is 6.54 Å². The molecule has 2 aliphatic rings. The topological polar surface area (TPSA) is 69.8 Å². The standard InChI is InChI=1S/C15H22N6O/c22-13-10-19(9-12(13)20-6-2-1-3-7-20)11-14-17-15-16-5-4-8-21(15)18-14/h4-5,8,12-13,22H,1-3,6-7,9-11H2/t12-,13-/m0/s1. The Morgan fingerprint density at radius 2 is 2.05 bits per heavy atom. The maximum absolute atomic E-state index is 10.4. The van der Waals surface area contributed by atoms with Crippen LogP contribution in [0.25, 0.3) is 5.78 Å². The minimum Gasteiger partial charge on any atom is -0.390 e. The molecule has 0 unspecified atom stereocenters. The van der Waals surface area contributed by atoms with E-state index >= 15 is 0 Å². The molecule has 0 aromatic carbocycles. The Labute approximate surface area is 129 Å². The second-order valence-corrected chi connectivity index (χ2v) is 6.32. The zero-order valence-electron chi connectivity index (χ0n) is 12.7. The summed E-state index contributed by atoms with van der Waals surface area (Å²) in [6.07, 6.45) is 7.13.